The van der Waals surface area contributed by atoms with Crippen LogP contribution in [0.4, 0.5) is 5.82 Å². The average Bonchev–Trinajstić information content (AvgIpc) is 3.11. The molecule has 0 unspecified atom stereocenters. The zero-order valence-corrected chi connectivity index (χ0v) is 16.0. The topological polar surface area (TPSA) is 66.3 Å². The molecule has 136 valence electrons. The maximum atomic E-state index is 11.1. The fourth-order valence-electron chi connectivity index (χ4n) is 2.62. The number of thiazole rings is 1. The molecule has 0 bridgehead atoms. The van der Waals surface area contributed by atoms with Crippen molar-refractivity contribution < 1.29 is 9.90 Å². The van der Waals surface area contributed by atoms with Crippen molar-refractivity contribution in [2.24, 2.45) is 0 Å². The van der Waals surface area contributed by atoms with Gasteiger partial charge in [0.2, 0.25) is 0 Å². The molecule has 0 aliphatic rings. The van der Waals surface area contributed by atoms with Crippen LogP contribution >= 0.6 is 22.9 Å². The van der Waals surface area contributed by atoms with Crippen LogP contribution in [0.2, 0.25) is 5.02 Å². The number of hydrogen-bond donors (Lipinski definition) is 1. The molecule has 25 heavy (non-hydrogen) atoms. The lowest BCUT2D eigenvalue weighted by Crippen LogP contribution is -2.28. The lowest BCUT2D eigenvalue weighted by atomic mass is 10.1. The van der Waals surface area contributed by atoms with Crippen LogP contribution in [0.3, 0.4) is 0 Å². The Hall–Kier alpha value is -1.66. The molecule has 0 amide bonds. The molecular weight excluding hydrogens is 358 g/mol. The minimum atomic E-state index is -1.02. The van der Waals surface area contributed by atoms with Gasteiger partial charge in [-0.2, -0.15) is 0 Å². The van der Waals surface area contributed by atoms with E-state index in [2.05, 4.69) is 21.8 Å². The number of halogens is 1. The molecule has 2 aromatic heterocycles. The van der Waals surface area contributed by atoms with Crippen LogP contribution in [0.25, 0.3) is 0 Å². The first-order chi connectivity index (χ1) is 12.1. The highest BCUT2D eigenvalue weighted by atomic mass is 35.5. The summed E-state index contributed by atoms with van der Waals surface area (Å²) in [5.41, 5.74) is 2.99. The summed E-state index contributed by atoms with van der Waals surface area (Å²) in [6.45, 7) is 3.82. The number of carboxylic acids is 1. The first kappa shape index (κ1) is 19.7. The summed E-state index contributed by atoms with van der Waals surface area (Å²) in [6, 6.07) is 1.47. The van der Waals surface area contributed by atoms with E-state index in [1.165, 1.54) is 37.9 Å². The molecule has 5 nitrogen and oxygen atoms in total. The second kappa shape index (κ2) is 10.4. The van der Waals surface area contributed by atoms with Gasteiger partial charge in [-0.3, -0.25) is 0 Å². The van der Waals surface area contributed by atoms with E-state index in [1.54, 1.807) is 11.3 Å². The summed E-state index contributed by atoms with van der Waals surface area (Å²) in [7, 11) is 0. The maximum absolute atomic E-state index is 11.1. The van der Waals surface area contributed by atoms with Crippen LogP contribution in [-0.4, -0.2) is 34.1 Å². The number of carboxylic acid groups (broad SMARTS) is 1. The summed E-state index contributed by atoms with van der Waals surface area (Å²) in [6.07, 6.45) is 8.13. The molecule has 0 aromatic carbocycles. The van der Waals surface area contributed by atoms with Crippen LogP contribution in [-0.2, 0) is 6.42 Å². The number of pyridine rings is 1. The van der Waals surface area contributed by atoms with Crippen molar-refractivity contribution in [2.75, 3.05) is 18.0 Å². The predicted molar refractivity (Wildman–Crippen MR) is 103 cm³/mol. The Bertz CT molecular complexity index is 664. The third kappa shape index (κ3) is 6.29. The van der Waals surface area contributed by atoms with E-state index < -0.39 is 5.97 Å². The molecule has 7 heteroatoms. The SMILES string of the molecule is CCCCCCCN(CCc1cscn1)c1ncc(C(=O)O)cc1Cl. The van der Waals surface area contributed by atoms with Crippen molar-refractivity contribution in [3.63, 3.8) is 0 Å². The van der Waals surface area contributed by atoms with Gasteiger partial charge in [0, 0.05) is 31.1 Å². The van der Waals surface area contributed by atoms with Crippen LogP contribution < -0.4 is 4.90 Å². The zero-order valence-electron chi connectivity index (χ0n) is 14.4. The van der Waals surface area contributed by atoms with E-state index in [9.17, 15) is 4.79 Å². The van der Waals surface area contributed by atoms with Gasteiger partial charge in [-0.25, -0.2) is 14.8 Å². The van der Waals surface area contributed by atoms with Crippen molar-refractivity contribution in [1.29, 1.82) is 0 Å². The molecule has 0 saturated heterocycles. The number of anilines is 1. The normalized spacial score (nSPS) is 10.8. The minimum absolute atomic E-state index is 0.108. The van der Waals surface area contributed by atoms with Gasteiger partial charge in [-0.1, -0.05) is 44.2 Å². The second-order valence-electron chi connectivity index (χ2n) is 5.97. The first-order valence-corrected chi connectivity index (χ1v) is 9.94. The van der Waals surface area contributed by atoms with Crippen LogP contribution in [0.5, 0.6) is 0 Å². The van der Waals surface area contributed by atoms with Crippen LogP contribution in [0, 0.1) is 0 Å². The number of aromatic nitrogens is 2. The largest absolute Gasteiger partial charge is 0.478 e. The van der Waals surface area contributed by atoms with Crippen molar-refractivity contribution in [1.82, 2.24) is 9.97 Å². The monoisotopic (exact) mass is 381 g/mol. The maximum Gasteiger partial charge on any atom is 0.337 e. The highest BCUT2D eigenvalue weighted by molar-refractivity contribution is 7.07. The number of nitrogens with zero attached hydrogens (tertiary/aromatic N) is 3. The Balaban J connectivity index is 2.05. The Morgan fingerprint density at radius 2 is 2.04 bits per heavy atom. The number of rotatable bonds is 11. The standard InChI is InChI=1S/C18H24ClN3O2S/c1-2-3-4-5-6-8-22(9-7-15-12-25-13-21-15)17-16(19)10-14(11-20-17)18(23)24/h10-13H,2-9H2,1H3,(H,23,24). The Labute approximate surface area is 157 Å². The van der Waals surface area contributed by atoms with Crippen molar-refractivity contribution in [3.05, 3.63) is 39.4 Å². The number of hydrogen-bond acceptors (Lipinski definition) is 5. The van der Waals surface area contributed by atoms with Gasteiger partial charge < -0.3 is 10.0 Å². The van der Waals surface area contributed by atoms with Gasteiger partial charge in [0.1, 0.15) is 5.82 Å². The van der Waals surface area contributed by atoms with E-state index in [4.69, 9.17) is 16.7 Å². The van der Waals surface area contributed by atoms with E-state index in [0.29, 0.717) is 10.8 Å². The molecule has 0 spiro atoms. The Morgan fingerprint density at radius 3 is 2.68 bits per heavy atom. The lowest BCUT2D eigenvalue weighted by Gasteiger charge is -2.24. The van der Waals surface area contributed by atoms with Gasteiger partial charge in [0.25, 0.3) is 0 Å². The molecule has 0 radical (unpaired) electrons. The summed E-state index contributed by atoms with van der Waals surface area (Å²) in [5, 5.41) is 11.5. The van der Waals surface area contributed by atoms with Gasteiger partial charge in [-0.15, -0.1) is 11.3 Å². The van der Waals surface area contributed by atoms with E-state index in [0.717, 1.165) is 31.6 Å². The number of aromatic carboxylic acids is 1. The zero-order chi connectivity index (χ0) is 18.1. The van der Waals surface area contributed by atoms with Crippen LogP contribution in [0.1, 0.15) is 55.1 Å². The quantitative estimate of drug-likeness (QED) is 0.560. The van der Waals surface area contributed by atoms with E-state index >= 15 is 0 Å². The highest BCUT2D eigenvalue weighted by Gasteiger charge is 2.15. The third-order valence-corrected chi connectivity index (χ3v) is 4.93. The van der Waals surface area contributed by atoms with Crippen molar-refractivity contribution in [2.45, 2.75) is 45.4 Å². The molecule has 2 heterocycles. The average molecular weight is 382 g/mol. The molecule has 0 fully saturated rings. The van der Waals surface area contributed by atoms with Gasteiger partial charge in [0.05, 0.1) is 21.8 Å². The highest BCUT2D eigenvalue weighted by Crippen LogP contribution is 2.25. The van der Waals surface area contributed by atoms with Crippen LogP contribution in [0.15, 0.2) is 23.2 Å². The molecule has 0 aliphatic carbocycles. The summed E-state index contributed by atoms with van der Waals surface area (Å²) < 4.78 is 0. The molecule has 1 N–H and O–H groups in total. The Kier molecular flexibility index (Phi) is 8.15. The smallest absolute Gasteiger partial charge is 0.337 e. The molecule has 2 aromatic rings. The van der Waals surface area contributed by atoms with Crippen molar-refractivity contribution >= 4 is 34.7 Å². The molecule has 0 atom stereocenters. The van der Waals surface area contributed by atoms with Gasteiger partial charge >= 0.3 is 5.97 Å². The molecule has 2 rings (SSSR count). The van der Waals surface area contributed by atoms with Gasteiger partial charge in [0.15, 0.2) is 0 Å². The number of unbranched alkanes of at least 4 members (excludes halogenated alkanes) is 4. The fraction of sp³-hybridized carbons (Fsp3) is 0.500. The summed E-state index contributed by atoms with van der Waals surface area (Å²) in [5.74, 6) is -0.369. The predicted octanol–water partition coefficient (Wildman–Crippen LogP) is 4.91. The second-order valence-corrected chi connectivity index (χ2v) is 7.09. The Morgan fingerprint density at radius 1 is 1.24 bits per heavy atom. The van der Waals surface area contributed by atoms with Crippen molar-refractivity contribution in [3.8, 4) is 0 Å². The minimum Gasteiger partial charge on any atom is -0.478 e. The summed E-state index contributed by atoms with van der Waals surface area (Å²) >= 11 is 7.90. The first-order valence-electron chi connectivity index (χ1n) is 8.62. The molecule has 0 aliphatic heterocycles. The number of carbonyl (C=O) groups is 1. The van der Waals surface area contributed by atoms with E-state index in [1.807, 2.05) is 10.9 Å². The fourth-order valence-corrected chi connectivity index (χ4v) is 3.50. The third-order valence-electron chi connectivity index (χ3n) is 4.02. The summed E-state index contributed by atoms with van der Waals surface area (Å²) in [4.78, 5) is 21.8. The lowest BCUT2D eigenvalue weighted by molar-refractivity contribution is 0.0696. The van der Waals surface area contributed by atoms with E-state index in [-0.39, 0.29) is 5.56 Å². The molecular formula is C18H24ClN3O2S. The van der Waals surface area contributed by atoms with Gasteiger partial charge in [-0.05, 0) is 12.5 Å². The molecule has 0 saturated carbocycles.